The minimum atomic E-state index is 0.0653. The maximum atomic E-state index is 9.17. The molecule has 1 aliphatic heterocycles. The van der Waals surface area contributed by atoms with Crippen molar-refractivity contribution < 1.29 is 5.11 Å². The summed E-state index contributed by atoms with van der Waals surface area (Å²) >= 11 is 0. The summed E-state index contributed by atoms with van der Waals surface area (Å²) in [6.07, 6.45) is 0. The van der Waals surface area contributed by atoms with Crippen molar-refractivity contribution in [1.29, 1.82) is 0 Å². The monoisotopic (exact) mass is 249 g/mol. The second kappa shape index (κ2) is 5.24. The fourth-order valence-corrected chi connectivity index (χ4v) is 2.73. The topological polar surface area (TPSA) is 39.6 Å². The molecule has 0 amide bonds. The van der Waals surface area contributed by atoms with Crippen LogP contribution in [0, 0.1) is 12.8 Å². The fourth-order valence-electron chi connectivity index (χ4n) is 2.73. The number of aliphatic hydroxyl groups is 1. The number of hydrogen-bond acceptors (Lipinski definition) is 4. The summed E-state index contributed by atoms with van der Waals surface area (Å²) in [6.45, 7) is 6.39. The van der Waals surface area contributed by atoms with Crippen LogP contribution in [-0.2, 0) is 6.61 Å². The first-order valence-electron chi connectivity index (χ1n) is 6.51. The van der Waals surface area contributed by atoms with E-state index in [1.807, 2.05) is 19.1 Å². The van der Waals surface area contributed by atoms with E-state index in [2.05, 4.69) is 35.8 Å². The third-order valence-electron chi connectivity index (χ3n) is 3.91. The third-order valence-corrected chi connectivity index (χ3v) is 3.91. The van der Waals surface area contributed by atoms with Crippen LogP contribution in [0.3, 0.4) is 0 Å². The Morgan fingerprint density at radius 2 is 2.11 bits per heavy atom. The fraction of sp³-hybridized carbons (Fsp3) is 0.643. The van der Waals surface area contributed by atoms with Crippen molar-refractivity contribution in [3.05, 3.63) is 23.4 Å². The van der Waals surface area contributed by atoms with Gasteiger partial charge in [-0.25, -0.2) is 4.98 Å². The zero-order valence-corrected chi connectivity index (χ0v) is 11.7. The molecule has 4 nitrogen and oxygen atoms in total. The standard InChI is InChI=1S/C14H23N3O/c1-10-7-17(8-13(10)16(3)4)14-6-5-12(9-18)11(2)15-14/h5-6,10,13,18H,7-9H2,1-4H3. The molecule has 0 aliphatic carbocycles. The first-order chi connectivity index (χ1) is 8.52. The summed E-state index contributed by atoms with van der Waals surface area (Å²) in [5, 5.41) is 9.17. The van der Waals surface area contributed by atoms with Crippen LogP contribution in [0.1, 0.15) is 18.2 Å². The lowest BCUT2D eigenvalue weighted by molar-refractivity contribution is 0.266. The molecule has 0 saturated carbocycles. The molecule has 1 aromatic heterocycles. The molecule has 4 heteroatoms. The van der Waals surface area contributed by atoms with Crippen molar-refractivity contribution in [2.24, 2.45) is 5.92 Å². The molecule has 0 bridgehead atoms. The van der Waals surface area contributed by atoms with Crippen LogP contribution in [0.5, 0.6) is 0 Å². The van der Waals surface area contributed by atoms with Crippen molar-refractivity contribution in [3.8, 4) is 0 Å². The first-order valence-corrected chi connectivity index (χ1v) is 6.51. The largest absolute Gasteiger partial charge is 0.392 e. The average Bonchev–Trinajstić information content (AvgIpc) is 2.71. The average molecular weight is 249 g/mol. The summed E-state index contributed by atoms with van der Waals surface area (Å²) in [4.78, 5) is 9.23. The van der Waals surface area contributed by atoms with Gasteiger partial charge in [-0.1, -0.05) is 13.0 Å². The lowest BCUT2D eigenvalue weighted by atomic mass is 10.1. The van der Waals surface area contributed by atoms with E-state index in [9.17, 15) is 5.11 Å². The number of aromatic nitrogens is 1. The Morgan fingerprint density at radius 1 is 1.39 bits per heavy atom. The molecule has 0 radical (unpaired) electrons. The van der Waals surface area contributed by atoms with Crippen LogP contribution in [0.2, 0.25) is 0 Å². The number of anilines is 1. The molecule has 2 heterocycles. The SMILES string of the molecule is Cc1nc(N2CC(C)C(N(C)C)C2)ccc1CO. The maximum Gasteiger partial charge on any atom is 0.128 e. The minimum absolute atomic E-state index is 0.0653. The van der Waals surface area contributed by atoms with Crippen LogP contribution in [0.25, 0.3) is 0 Å². The highest BCUT2D eigenvalue weighted by atomic mass is 16.3. The van der Waals surface area contributed by atoms with Crippen LogP contribution in [0.4, 0.5) is 5.82 Å². The van der Waals surface area contributed by atoms with Gasteiger partial charge < -0.3 is 14.9 Å². The van der Waals surface area contributed by atoms with E-state index in [1.165, 1.54) is 0 Å². The molecule has 2 unspecified atom stereocenters. The number of likely N-dealkylation sites (N-methyl/N-ethyl adjacent to an activating group) is 1. The Kier molecular flexibility index (Phi) is 3.88. The maximum absolute atomic E-state index is 9.17. The molecular weight excluding hydrogens is 226 g/mol. The predicted molar refractivity (Wildman–Crippen MR) is 73.7 cm³/mol. The van der Waals surface area contributed by atoms with Crippen LogP contribution < -0.4 is 4.90 Å². The Bertz CT molecular complexity index is 420. The normalized spacial score (nSPS) is 24.0. The van der Waals surface area contributed by atoms with Gasteiger partial charge in [-0.05, 0) is 38.6 Å². The van der Waals surface area contributed by atoms with E-state index in [0.29, 0.717) is 12.0 Å². The summed E-state index contributed by atoms with van der Waals surface area (Å²) in [6, 6.07) is 4.58. The quantitative estimate of drug-likeness (QED) is 0.875. The molecule has 0 spiro atoms. The third kappa shape index (κ3) is 2.49. The van der Waals surface area contributed by atoms with Crippen molar-refractivity contribution >= 4 is 5.82 Å². The van der Waals surface area contributed by atoms with Crippen molar-refractivity contribution in [1.82, 2.24) is 9.88 Å². The first kappa shape index (κ1) is 13.3. The van der Waals surface area contributed by atoms with Gasteiger partial charge in [0, 0.05) is 24.8 Å². The van der Waals surface area contributed by atoms with E-state index in [1.54, 1.807) is 0 Å². The zero-order chi connectivity index (χ0) is 13.3. The highest BCUT2D eigenvalue weighted by molar-refractivity contribution is 5.43. The summed E-state index contributed by atoms with van der Waals surface area (Å²) in [5.41, 5.74) is 1.84. The minimum Gasteiger partial charge on any atom is -0.392 e. The Hall–Kier alpha value is -1.13. The molecule has 0 aromatic carbocycles. The molecule has 2 rings (SSSR count). The molecular formula is C14H23N3O. The molecule has 1 N–H and O–H groups in total. The smallest absolute Gasteiger partial charge is 0.128 e. The highest BCUT2D eigenvalue weighted by Gasteiger charge is 2.31. The van der Waals surface area contributed by atoms with Crippen LogP contribution in [-0.4, -0.2) is 48.2 Å². The molecule has 1 saturated heterocycles. The summed E-state index contributed by atoms with van der Waals surface area (Å²) < 4.78 is 0. The number of pyridine rings is 1. The van der Waals surface area contributed by atoms with Gasteiger partial charge in [0.05, 0.1) is 6.61 Å². The number of aryl methyl sites for hydroxylation is 1. The van der Waals surface area contributed by atoms with E-state index in [-0.39, 0.29) is 6.61 Å². The van der Waals surface area contributed by atoms with Gasteiger partial charge >= 0.3 is 0 Å². The van der Waals surface area contributed by atoms with Crippen LogP contribution >= 0.6 is 0 Å². The Morgan fingerprint density at radius 3 is 2.61 bits per heavy atom. The van der Waals surface area contributed by atoms with Crippen LogP contribution in [0.15, 0.2) is 12.1 Å². The van der Waals surface area contributed by atoms with Gasteiger partial charge in [0.2, 0.25) is 0 Å². The Balaban J connectivity index is 2.16. The van der Waals surface area contributed by atoms with Gasteiger partial charge in [-0.3, -0.25) is 0 Å². The van der Waals surface area contributed by atoms with E-state index >= 15 is 0 Å². The van der Waals surface area contributed by atoms with Crippen molar-refractivity contribution in [2.75, 3.05) is 32.1 Å². The predicted octanol–water partition coefficient (Wildman–Crippen LogP) is 1.27. The van der Waals surface area contributed by atoms with E-state index in [0.717, 1.165) is 30.2 Å². The lowest BCUT2D eigenvalue weighted by Gasteiger charge is -2.22. The number of nitrogens with zero attached hydrogens (tertiary/aromatic N) is 3. The van der Waals surface area contributed by atoms with E-state index < -0.39 is 0 Å². The summed E-state index contributed by atoms with van der Waals surface area (Å²) in [5.74, 6) is 1.68. The Labute approximate surface area is 109 Å². The number of aliphatic hydroxyl groups excluding tert-OH is 1. The molecule has 1 aromatic rings. The molecule has 1 fully saturated rings. The number of hydrogen-bond donors (Lipinski definition) is 1. The molecule has 100 valence electrons. The van der Waals surface area contributed by atoms with Gasteiger partial charge in [0.1, 0.15) is 5.82 Å². The van der Waals surface area contributed by atoms with Gasteiger partial charge in [0.15, 0.2) is 0 Å². The molecule has 2 atom stereocenters. The van der Waals surface area contributed by atoms with Gasteiger partial charge in [0.25, 0.3) is 0 Å². The van der Waals surface area contributed by atoms with Gasteiger partial charge in [-0.15, -0.1) is 0 Å². The number of rotatable bonds is 3. The van der Waals surface area contributed by atoms with Crippen molar-refractivity contribution in [3.63, 3.8) is 0 Å². The van der Waals surface area contributed by atoms with Crippen molar-refractivity contribution in [2.45, 2.75) is 26.5 Å². The highest BCUT2D eigenvalue weighted by Crippen LogP contribution is 2.25. The second-order valence-electron chi connectivity index (χ2n) is 5.49. The summed E-state index contributed by atoms with van der Waals surface area (Å²) in [7, 11) is 4.27. The second-order valence-corrected chi connectivity index (χ2v) is 5.49. The molecule has 18 heavy (non-hydrogen) atoms. The lowest BCUT2D eigenvalue weighted by Crippen LogP contribution is -2.34. The molecule has 1 aliphatic rings. The zero-order valence-electron chi connectivity index (χ0n) is 11.7. The van der Waals surface area contributed by atoms with Gasteiger partial charge in [-0.2, -0.15) is 0 Å². The van der Waals surface area contributed by atoms with E-state index in [4.69, 9.17) is 0 Å².